The van der Waals surface area contributed by atoms with E-state index < -0.39 is 17.5 Å². The summed E-state index contributed by atoms with van der Waals surface area (Å²) >= 11 is 5.95. The van der Waals surface area contributed by atoms with E-state index in [1.54, 1.807) is 31.3 Å². The second-order valence-electron chi connectivity index (χ2n) is 7.51. The average Bonchev–Trinajstić information content (AvgIpc) is 2.99. The molecule has 1 aliphatic rings. The summed E-state index contributed by atoms with van der Waals surface area (Å²) in [5, 5.41) is 3.33. The topological polar surface area (TPSA) is 69.7 Å². The lowest BCUT2D eigenvalue weighted by molar-refractivity contribution is -0.138. The van der Waals surface area contributed by atoms with Crippen molar-refractivity contribution in [3.05, 3.63) is 70.2 Å². The number of hydrogen-bond donors (Lipinski definition) is 1. The molecule has 1 N–H and O–H groups in total. The molecule has 1 atom stereocenters. The first kappa shape index (κ1) is 21.8. The van der Waals surface area contributed by atoms with Gasteiger partial charge in [-0.15, -0.1) is 0 Å². The van der Waals surface area contributed by atoms with Gasteiger partial charge in [0, 0.05) is 18.6 Å². The molecule has 6 nitrogen and oxygen atoms in total. The number of nitrogens with zero attached hydrogens (tertiary/aromatic N) is 2. The Morgan fingerprint density at radius 3 is 2.20 bits per heavy atom. The van der Waals surface area contributed by atoms with Gasteiger partial charge in [-0.3, -0.25) is 14.5 Å². The fourth-order valence-electron chi connectivity index (χ4n) is 3.64. The van der Waals surface area contributed by atoms with Crippen molar-refractivity contribution in [1.82, 2.24) is 15.1 Å². The molecule has 0 aromatic heterocycles. The highest BCUT2D eigenvalue weighted by molar-refractivity contribution is 6.30. The van der Waals surface area contributed by atoms with Gasteiger partial charge in [-0.2, -0.15) is 0 Å². The van der Waals surface area contributed by atoms with E-state index in [0.29, 0.717) is 23.6 Å². The molecule has 0 bridgehead atoms. The van der Waals surface area contributed by atoms with Gasteiger partial charge < -0.3 is 10.2 Å². The lowest BCUT2D eigenvalue weighted by Gasteiger charge is -2.26. The number of hydrogen-bond acceptors (Lipinski definition) is 3. The van der Waals surface area contributed by atoms with Crippen LogP contribution in [0.2, 0.25) is 5.02 Å². The maximum Gasteiger partial charge on any atom is 0.325 e. The number of halogens is 1. The lowest BCUT2D eigenvalue weighted by atomic mass is 9.87. The quantitative estimate of drug-likeness (QED) is 0.684. The predicted octanol–water partition coefficient (Wildman–Crippen LogP) is 3.72. The van der Waals surface area contributed by atoms with Crippen molar-refractivity contribution in [2.75, 3.05) is 13.6 Å². The third-order valence-corrected chi connectivity index (χ3v) is 5.87. The number of carbonyl (C=O) groups is 3. The molecule has 2 aromatic carbocycles. The molecule has 7 heteroatoms. The smallest absolute Gasteiger partial charge is 0.325 e. The lowest BCUT2D eigenvalue weighted by Crippen LogP contribution is -2.45. The summed E-state index contributed by atoms with van der Waals surface area (Å²) in [6.07, 6.45) is 1.32. The third-order valence-electron chi connectivity index (χ3n) is 5.61. The van der Waals surface area contributed by atoms with Crippen LogP contribution in [0.4, 0.5) is 4.79 Å². The minimum atomic E-state index is -1.18. The fraction of sp³-hybridized carbons (Fsp3) is 0.348. The van der Waals surface area contributed by atoms with Gasteiger partial charge >= 0.3 is 6.03 Å². The molecule has 1 heterocycles. The molecule has 1 aliphatic heterocycles. The van der Waals surface area contributed by atoms with Crippen molar-refractivity contribution >= 4 is 29.4 Å². The Hall–Kier alpha value is -2.86. The van der Waals surface area contributed by atoms with Gasteiger partial charge in [0.25, 0.3) is 5.91 Å². The van der Waals surface area contributed by atoms with Crippen molar-refractivity contribution < 1.29 is 14.4 Å². The Bertz CT molecular complexity index is 943. The molecule has 1 fully saturated rings. The predicted molar refractivity (Wildman–Crippen MR) is 116 cm³/mol. The van der Waals surface area contributed by atoms with Crippen LogP contribution in [0.3, 0.4) is 0 Å². The Labute approximate surface area is 181 Å². The number of benzene rings is 2. The van der Waals surface area contributed by atoms with Crippen LogP contribution >= 0.6 is 11.6 Å². The molecular formula is C23H26ClN3O3. The summed E-state index contributed by atoms with van der Waals surface area (Å²) in [5.74, 6) is -0.729. The summed E-state index contributed by atoms with van der Waals surface area (Å²) in [5.41, 5.74) is 1.68. The van der Waals surface area contributed by atoms with E-state index in [2.05, 4.69) is 12.2 Å². The number of rotatable bonds is 7. The zero-order valence-electron chi connectivity index (χ0n) is 17.4. The summed E-state index contributed by atoms with van der Waals surface area (Å²) < 4.78 is 0. The Morgan fingerprint density at radius 1 is 1.03 bits per heavy atom. The standard InChI is InChI=1S/C23H26ClN3O3/c1-4-16-6-8-17(9-7-16)14-26(3)20(28)15-27-21(29)23(5-2,25-22(27)30)18-10-12-19(24)13-11-18/h6-13H,4-5,14-15H2,1-3H3,(H,25,30). The summed E-state index contributed by atoms with van der Waals surface area (Å²) in [6, 6.07) is 14.3. The van der Waals surface area contributed by atoms with Crippen LogP contribution in [0.15, 0.2) is 48.5 Å². The molecule has 1 saturated heterocycles. The molecule has 2 aromatic rings. The molecule has 30 heavy (non-hydrogen) atoms. The normalized spacial score (nSPS) is 18.5. The fourth-order valence-corrected chi connectivity index (χ4v) is 3.77. The molecular weight excluding hydrogens is 402 g/mol. The van der Waals surface area contributed by atoms with Crippen LogP contribution in [-0.4, -0.2) is 41.2 Å². The molecule has 0 saturated carbocycles. The molecule has 3 rings (SSSR count). The van der Waals surface area contributed by atoms with E-state index >= 15 is 0 Å². The van der Waals surface area contributed by atoms with Crippen LogP contribution in [0.25, 0.3) is 0 Å². The number of imide groups is 1. The molecule has 0 aliphatic carbocycles. The van der Waals surface area contributed by atoms with Crippen molar-refractivity contribution in [2.24, 2.45) is 0 Å². The van der Waals surface area contributed by atoms with Gasteiger partial charge in [-0.25, -0.2) is 4.79 Å². The van der Waals surface area contributed by atoms with E-state index in [0.717, 1.165) is 16.9 Å². The van der Waals surface area contributed by atoms with Crippen LogP contribution in [0, 0.1) is 0 Å². The average molecular weight is 428 g/mol. The maximum absolute atomic E-state index is 13.2. The van der Waals surface area contributed by atoms with Gasteiger partial charge in [-0.1, -0.05) is 61.8 Å². The van der Waals surface area contributed by atoms with Crippen LogP contribution < -0.4 is 5.32 Å². The minimum Gasteiger partial charge on any atom is -0.340 e. The zero-order chi connectivity index (χ0) is 21.9. The number of carbonyl (C=O) groups excluding carboxylic acids is 3. The molecule has 4 amide bonds. The highest BCUT2D eigenvalue weighted by Crippen LogP contribution is 2.33. The second-order valence-corrected chi connectivity index (χ2v) is 7.94. The van der Waals surface area contributed by atoms with E-state index in [4.69, 9.17) is 11.6 Å². The van der Waals surface area contributed by atoms with E-state index in [1.165, 1.54) is 10.5 Å². The molecule has 0 spiro atoms. The van der Waals surface area contributed by atoms with Crippen LogP contribution in [-0.2, 0) is 28.1 Å². The van der Waals surface area contributed by atoms with Crippen LogP contribution in [0.1, 0.15) is 37.0 Å². The number of aryl methyl sites for hydroxylation is 1. The highest BCUT2D eigenvalue weighted by atomic mass is 35.5. The van der Waals surface area contributed by atoms with Gasteiger partial charge in [0.1, 0.15) is 12.1 Å². The van der Waals surface area contributed by atoms with E-state index in [1.807, 2.05) is 31.2 Å². The number of urea groups is 1. The number of likely N-dealkylation sites (N-methyl/N-ethyl adjacent to an activating group) is 1. The van der Waals surface area contributed by atoms with Crippen molar-refractivity contribution in [3.63, 3.8) is 0 Å². The van der Waals surface area contributed by atoms with Crippen molar-refractivity contribution in [2.45, 2.75) is 38.8 Å². The molecule has 1 unspecified atom stereocenters. The highest BCUT2D eigenvalue weighted by Gasteiger charge is 2.51. The largest absolute Gasteiger partial charge is 0.340 e. The number of nitrogens with one attached hydrogen (secondary N) is 1. The van der Waals surface area contributed by atoms with Crippen molar-refractivity contribution in [3.8, 4) is 0 Å². The second kappa shape index (κ2) is 8.88. The van der Waals surface area contributed by atoms with E-state index in [-0.39, 0.29) is 12.5 Å². The van der Waals surface area contributed by atoms with E-state index in [9.17, 15) is 14.4 Å². The molecule has 0 radical (unpaired) electrons. The molecule has 158 valence electrons. The summed E-state index contributed by atoms with van der Waals surface area (Å²) in [4.78, 5) is 41.0. The SMILES string of the molecule is CCc1ccc(CN(C)C(=O)CN2C(=O)NC(CC)(c3ccc(Cl)cc3)C2=O)cc1. The zero-order valence-corrected chi connectivity index (χ0v) is 18.2. The van der Waals surface area contributed by atoms with Crippen LogP contribution in [0.5, 0.6) is 0 Å². The maximum atomic E-state index is 13.2. The Balaban J connectivity index is 1.72. The minimum absolute atomic E-state index is 0.302. The van der Waals surface area contributed by atoms with Gasteiger partial charge in [0.15, 0.2) is 0 Å². The first-order chi connectivity index (χ1) is 14.3. The summed E-state index contributed by atoms with van der Waals surface area (Å²) in [7, 11) is 1.67. The third kappa shape index (κ3) is 4.19. The summed E-state index contributed by atoms with van der Waals surface area (Å²) in [6.45, 7) is 4.01. The Morgan fingerprint density at radius 2 is 1.63 bits per heavy atom. The first-order valence-electron chi connectivity index (χ1n) is 10.0. The van der Waals surface area contributed by atoms with Gasteiger partial charge in [-0.05, 0) is 41.7 Å². The Kier molecular flexibility index (Phi) is 6.46. The van der Waals surface area contributed by atoms with Gasteiger partial charge in [0.2, 0.25) is 5.91 Å². The van der Waals surface area contributed by atoms with Crippen molar-refractivity contribution in [1.29, 1.82) is 0 Å². The number of amides is 4. The monoisotopic (exact) mass is 427 g/mol. The first-order valence-corrected chi connectivity index (χ1v) is 10.4. The van der Waals surface area contributed by atoms with Gasteiger partial charge in [0.05, 0.1) is 0 Å².